The Balaban J connectivity index is 2.51. The monoisotopic (exact) mass is 235 g/mol. The molecule has 1 aromatic carbocycles. The Morgan fingerprint density at radius 3 is 2.12 bits per heavy atom. The highest BCUT2D eigenvalue weighted by Gasteiger charge is 2.14. The molecule has 0 atom stereocenters. The summed E-state index contributed by atoms with van der Waals surface area (Å²) in [5.41, 5.74) is 2.44. The van der Waals surface area contributed by atoms with Gasteiger partial charge in [0, 0.05) is 12.1 Å². The van der Waals surface area contributed by atoms with Gasteiger partial charge in [-0.15, -0.1) is 0 Å². The molecule has 0 saturated heterocycles. The molecule has 2 nitrogen and oxygen atoms in total. The molecule has 2 N–H and O–H groups in total. The Kier molecular flexibility index (Phi) is 5.16. The molecule has 0 fully saturated rings. The molecule has 1 rings (SSSR count). The van der Waals surface area contributed by atoms with Crippen LogP contribution >= 0.6 is 0 Å². The second kappa shape index (κ2) is 6.18. The maximum atomic E-state index is 9.15. The zero-order valence-electron chi connectivity index (χ0n) is 11.5. The van der Waals surface area contributed by atoms with E-state index in [-0.39, 0.29) is 12.1 Å². The van der Waals surface area contributed by atoms with Crippen molar-refractivity contribution >= 4 is 0 Å². The third-order valence-electron chi connectivity index (χ3n) is 2.83. The quantitative estimate of drug-likeness (QED) is 0.794. The van der Waals surface area contributed by atoms with Crippen molar-refractivity contribution in [3.63, 3.8) is 0 Å². The minimum Gasteiger partial charge on any atom is -0.394 e. The molecule has 0 aliphatic rings. The smallest absolute Gasteiger partial charge is 0.0607 e. The minimum atomic E-state index is -0.212. The van der Waals surface area contributed by atoms with Crippen molar-refractivity contribution in [3.05, 3.63) is 35.4 Å². The first-order valence-corrected chi connectivity index (χ1v) is 6.36. The topological polar surface area (TPSA) is 32.3 Å². The summed E-state index contributed by atoms with van der Waals surface area (Å²) in [7, 11) is 0. The van der Waals surface area contributed by atoms with Crippen LogP contribution in [0.3, 0.4) is 0 Å². The van der Waals surface area contributed by atoms with E-state index in [1.807, 2.05) is 13.8 Å². The third-order valence-corrected chi connectivity index (χ3v) is 2.83. The van der Waals surface area contributed by atoms with Crippen LogP contribution in [0.15, 0.2) is 24.3 Å². The summed E-state index contributed by atoms with van der Waals surface area (Å²) in [5, 5.41) is 12.5. The summed E-state index contributed by atoms with van der Waals surface area (Å²) < 4.78 is 0. The summed E-state index contributed by atoms with van der Waals surface area (Å²) in [5.74, 6) is 0.701. The Morgan fingerprint density at radius 2 is 1.65 bits per heavy atom. The van der Waals surface area contributed by atoms with Gasteiger partial charge in [-0.3, -0.25) is 0 Å². The molecule has 0 aliphatic heterocycles. The Labute approximate surface area is 105 Å². The molecular formula is C15H25NO. The van der Waals surface area contributed by atoms with Crippen LogP contribution < -0.4 is 5.32 Å². The van der Waals surface area contributed by atoms with Crippen LogP contribution in [0.2, 0.25) is 0 Å². The zero-order valence-corrected chi connectivity index (χ0v) is 11.5. The van der Waals surface area contributed by atoms with Gasteiger partial charge in [-0.2, -0.15) is 0 Å². The molecule has 0 unspecified atom stereocenters. The third kappa shape index (κ3) is 5.33. The van der Waals surface area contributed by atoms with E-state index in [1.165, 1.54) is 11.1 Å². The fourth-order valence-corrected chi connectivity index (χ4v) is 1.66. The summed E-state index contributed by atoms with van der Waals surface area (Å²) in [6.45, 7) is 9.42. The number of hydrogen-bond donors (Lipinski definition) is 2. The Bertz CT molecular complexity index is 327. The van der Waals surface area contributed by atoms with Crippen molar-refractivity contribution in [3.8, 4) is 0 Å². The lowest BCUT2D eigenvalue weighted by molar-refractivity contribution is 0.187. The number of nitrogens with one attached hydrogen (secondary N) is 1. The molecule has 0 spiro atoms. The zero-order chi connectivity index (χ0) is 12.9. The van der Waals surface area contributed by atoms with Crippen LogP contribution in [-0.4, -0.2) is 17.3 Å². The lowest BCUT2D eigenvalue weighted by Crippen LogP contribution is -2.42. The first-order chi connectivity index (χ1) is 7.93. The number of hydrogen-bond acceptors (Lipinski definition) is 2. The van der Waals surface area contributed by atoms with Gasteiger partial charge >= 0.3 is 0 Å². The van der Waals surface area contributed by atoms with E-state index in [2.05, 4.69) is 43.4 Å². The van der Waals surface area contributed by atoms with Gasteiger partial charge in [-0.25, -0.2) is 0 Å². The maximum absolute atomic E-state index is 9.15. The van der Waals surface area contributed by atoms with E-state index >= 15 is 0 Å². The van der Waals surface area contributed by atoms with Crippen LogP contribution in [0.25, 0.3) is 0 Å². The number of aliphatic hydroxyl groups is 1. The van der Waals surface area contributed by atoms with Gasteiger partial charge in [0.1, 0.15) is 0 Å². The standard InChI is InChI=1S/C15H25NO/c1-12(2)9-13-5-7-14(8-6-13)10-16-15(3,4)11-17/h5-8,12,16-17H,9-11H2,1-4H3. The van der Waals surface area contributed by atoms with Gasteiger partial charge in [0.05, 0.1) is 6.61 Å². The second-order valence-corrected chi connectivity index (χ2v) is 5.81. The first kappa shape index (κ1) is 14.2. The van der Waals surface area contributed by atoms with Gasteiger partial charge in [-0.05, 0) is 37.3 Å². The summed E-state index contributed by atoms with van der Waals surface area (Å²) in [6.07, 6.45) is 1.13. The van der Waals surface area contributed by atoms with E-state index in [4.69, 9.17) is 5.11 Å². The fourth-order valence-electron chi connectivity index (χ4n) is 1.66. The highest BCUT2D eigenvalue weighted by molar-refractivity contribution is 5.22. The lowest BCUT2D eigenvalue weighted by Gasteiger charge is -2.23. The largest absolute Gasteiger partial charge is 0.394 e. The van der Waals surface area contributed by atoms with Gasteiger partial charge < -0.3 is 10.4 Å². The van der Waals surface area contributed by atoms with E-state index in [9.17, 15) is 0 Å². The average molecular weight is 235 g/mol. The molecule has 0 aliphatic carbocycles. The molecule has 96 valence electrons. The molecule has 0 saturated carbocycles. The van der Waals surface area contributed by atoms with Gasteiger partial charge in [0.2, 0.25) is 0 Å². The minimum absolute atomic E-state index is 0.151. The molecule has 0 bridgehead atoms. The molecule has 17 heavy (non-hydrogen) atoms. The van der Waals surface area contributed by atoms with Crippen molar-refractivity contribution in [2.45, 2.75) is 46.2 Å². The van der Waals surface area contributed by atoms with Crippen LogP contribution in [-0.2, 0) is 13.0 Å². The Morgan fingerprint density at radius 1 is 1.12 bits per heavy atom. The maximum Gasteiger partial charge on any atom is 0.0607 e. The summed E-state index contributed by atoms with van der Waals surface area (Å²) in [4.78, 5) is 0. The molecule has 0 amide bonds. The van der Waals surface area contributed by atoms with Gasteiger partial charge in [-0.1, -0.05) is 38.1 Å². The van der Waals surface area contributed by atoms with Gasteiger partial charge in [0.25, 0.3) is 0 Å². The van der Waals surface area contributed by atoms with Gasteiger partial charge in [0.15, 0.2) is 0 Å². The van der Waals surface area contributed by atoms with E-state index in [0.717, 1.165) is 13.0 Å². The van der Waals surface area contributed by atoms with Crippen molar-refractivity contribution in [1.82, 2.24) is 5.32 Å². The first-order valence-electron chi connectivity index (χ1n) is 6.36. The van der Waals surface area contributed by atoms with E-state index in [1.54, 1.807) is 0 Å². The SMILES string of the molecule is CC(C)Cc1ccc(CNC(C)(C)CO)cc1. The van der Waals surface area contributed by atoms with Crippen molar-refractivity contribution in [1.29, 1.82) is 0 Å². The molecular weight excluding hydrogens is 210 g/mol. The molecule has 0 heterocycles. The van der Waals surface area contributed by atoms with Crippen LogP contribution in [0.4, 0.5) is 0 Å². The van der Waals surface area contributed by atoms with Crippen molar-refractivity contribution in [2.75, 3.05) is 6.61 Å². The normalized spacial score (nSPS) is 12.1. The Hall–Kier alpha value is -0.860. The van der Waals surface area contributed by atoms with Crippen LogP contribution in [0, 0.1) is 5.92 Å². The van der Waals surface area contributed by atoms with E-state index < -0.39 is 0 Å². The van der Waals surface area contributed by atoms with E-state index in [0.29, 0.717) is 5.92 Å². The van der Waals surface area contributed by atoms with Crippen LogP contribution in [0.5, 0.6) is 0 Å². The number of rotatable bonds is 6. The van der Waals surface area contributed by atoms with Crippen molar-refractivity contribution < 1.29 is 5.11 Å². The molecule has 1 aromatic rings. The molecule has 0 aromatic heterocycles. The molecule has 0 radical (unpaired) electrons. The van der Waals surface area contributed by atoms with Crippen molar-refractivity contribution in [2.24, 2.45) is 5.92 Å². The predicted octanol–water partition coefficient (Wildman–Crippen LogP) is 2.75. The summed E-state index contributed by atoms with van der Waals surface area (Å²) in [6, 6.07) is 8.72. The second-order valence-electron chi connectivity index (χ2n) is 5.81. The lowest BCUT2D eigenvalue weighted by atomic mass is 10.0. The average Bonchev–Trinajstić information content (AvgIpc) is 2.28. The number of benzene rings is 1. The predicted molar refractivity (Wildman–Crippen MR) is 73.0 cm³/mol. The molecule has 2 heteroatoms. The highest BCUT2D eigenvalue weighted by atomic mass is 16.3. The highest BCUT2D eigenvalue weighted by Crippen LogP contribution is 2.10. The van der Waals surface area contributed by atoms with Crippen LogP contribution in [0.1, 0.15) is 38.8 Å². The fraction of sp³-hybridized carbons (Fsp3) is 0.600. The number of aliphatic hydroxyl groups excluding tert-OH is 1. The summed E-state index contributed by atoms with van der Waals surface area (Å²) >= 11 is 0.